The number of carbonyl (C=O) groups excluding carboxylic acids is 2. The van der Waals surface area contributed by atoms with Crippen molar-refractivity contribution in [1.82, 2.24) is 10.6 Å². The number of nitrogens with zero attached hydrogens (tertiary/aromatic N) is 1. The lowest BCUT2D eigenvalue weighted by Gasteiger charge is -2.36. The molecule has 47 heavy (non-hydrogen) atoms. The molecule has 3 aromatic rings. The first-order valence-electron chi connectivity index (χ1n) is 15.3. The molecule has 0 radical (unpaired) electrons. The number of anilines is 2. The lowest BCUT2D eigenvalue weighted by molar-refractivity contribution is -0.147. The first-order valence-corrected chi connectivity index (χ1v) is 19.1. The molecule has 252 valence electrons. The van der Waals surface area contributed by atoms with Crippen LogP contribution in [0.5, 0.6) is 5.75 Å². The zero-order chi connectivity index (χ0) is 34.2. The van der Waals surface area contributed by atoms with Crippen molar-refractivity contribution in [2.45, 2.75) is 61.0 Å². The first kappa shape index (κ1) is 36.4. The summed E-state index contributed by atoms with van der Waals surface area (Å²) in [6.07, 6.45) is 5.12. The molecule has 3 atom stereocenters. The normalized spacial score (nSPS) is 18.1. The Hall–Kier alpha value is -3.48. The zero-order valence-electron chi connectivity index (χ0n) is 26.6. The lowest BCUT2D eigenvalue weighted by Crippen LogP contribution is -2.50. The summed E-state index contributed by atoms with van der Waals surface area (Å²) in [6.45, 7) is 4.08. The van der Waals surface area contributed by atoms with Crippen LogP contribution in [0.1, 0.15) is 51.1 Å². The number of aliphatic hydroxyl groups is 2. The van der Waals surface area contributed by atoms with E-state index in [1.165, 1.54) is 17.8 Å². The second kappa shape index (κ2) is 15.6. The standard InChI is InChI=1S/C33H40N3O8PS2/c1-4-6-17-32(5-2)21-36(24-15-11-8-12-16-24)25-18-27(46-3)26(19-28(25)47(42,43)22-32)44-20-29(37)34-30(23-13-9-7-10-14-23)31(38)35-33(39,40)45-41/h7-16,18-19,30,39-40H,4-6,17,20-22H2,1-3H3,(H,34,37)(H,35,38)/p+1/t30-,32?/m1/s1. The molecule has 1 heterocycles. The smallest absolute Gasteiger partial charge is 0.456 e. The number of hydrogen-bond donors (Lipinski definition) is 4. The molecule has 2 amide bonds. The van der Waals surface area contributed by atoms with E-state index < -0.39 is 53.8 Å². The van der Waals surface area contributed by atoms with Gasteiger partial charge in [-0.2, -0.15) is 0 Å². The van der Waals surface area contributed by atoms with Crippen molar-refractivity contribution in [2.24, 2.45) is 5.41 Å². The summed E-state index contributed by atoms with van der Waals surface area (Å²) in [5, 5.41) is 23.8. The van der Waals surface area contributed by atoms with Gasteiger partial charge in [0.1, 0.15) is 11.8 Å². The fourth-order valence-corrected chi connectivity index (χ4v) is 8.60. The summed E-state index contributed by atoms with van der Waals surface area (Å²) in [5.41, 5.74) is -1.72. The Bertz CT molecular complexity index is 1680. The number of fused-ring (bicyclic) bond motifs is 1. The Morgan fingerprint density at radius 2 is 1.74 bits per heavy atom. The van der Waals surface area contributed by atoms with Crippen LogP contribution in [0.4, 0.5) is 11.4 Å². The van der Waals surface area contributed by atoms with E-state index in [0.29, 0.717) is 29.1 Å². The van der Waals surface area contributed by atoms with Crippen molar-refractivity contribution in [3.05, 3.63) is 78.4 Å². The van der Waals surface area contributed by atoms with E-state index in [9.17, 15) is 32.8 Å². The van der Waals surface area contributed by atoms with Crippen molar-refractivity contribution in [3.63, 3.8) is 0 Å². The highest BCUT2D eigenvalue weighted by Crippen LogP contribution is 2.47. The summed E-state index contributed by atoms with van der Waals surface area (Å²) in [7, 11) is -5.48. The molecule has 11 nitrogen and oxygen atoms in total. The maximum atomic E-state index is 14.1. The second-order valence-electron chi connectivity index (χ2n) is 11.6. The molecule has 0 fully saturated rings. The number of thioether (sulfide) groups is 1. The Balaban J connectivity index is 1.67. The summed E-state index contributed by atoms with van der Waals surface area (Å²) in [6, 6.07) is 19.7. The topological polar surface area (TPSA) is 162 Å². The highest BCUT2D eigenvalue weighted by Gasteiger charge is 2.42. The number of unbranched alkanes of at least 4 members (excludes halogenated alkanes) is 1. The molecule has 4 N–H and O–H groups in total. The van der Waals surface area contributed by atoms with E-state index in [4.69, 9.17) is 4.74 Å². The zero-order valence-corrected chi connectivity index (χ0v) is 29.2. The third kappa shape index (κ3) is 8.91. The summed E-state index contributed by atoms with van der Waals surface area (Å²) in [4.78, 5) is 28.8. The average molecular weight is 703 g/mol. The molecule has 0 bridgehead atoms. The summed E-state index contributed by atoms with van der Waals surface area (Å²) >= 11 is 1.34. The van der Waals surface area contributed by atoms with Crippen molar-refractivity contribution in [1.29, 1.82) is 0 Å². The van der Waals surface area contributed by atoms with Gasteiger partial charge < -0.3 is 25.2 Å². The second-order valence-corrected chi connectivity index (χ2v) is 15.3. The Kier molecular flexibility index (Phi) is 12.1. The van der Waals surface area contributed by atoms with Crippen LogP contribution in [0.2, 0.25) is 0 Å². The summed E-state index contributed by atoms with van der Waals surface area (Å²) < 4.78 is 45.3. The minimum absolute atomic E-state index is 0.0274. The quantitative estimate of drug-likeness (QED) is 0.103. The number of rotatable bonds is 14. The monoisotopic (exact) mass is 702 g/mol. The largest absolute Gasteiger partial charge is 0.483 e. The van der Waals surface area contributed by atoms with Crippen molar-refractivity contribution in [3.8, 4) is 5.75 Å². The van der Waals surface area contributed by atoms with E-state index in [0.717, 1.165) is 24.9 Å². The molecule has 4 rings (SSSR count). The Labute approximate surface area is 281 Å². The van der Waals surface area contributed by atoms with E-state index >= 15 is 0 Å². The van der Waals surface area contributed by atoms with Gasteiger partial charge in [0.15, 0.2) is 16.4 Å². The molecule has 0 saturated heterocycles. The van der Waals surface area contributed by atoms with Crippen LogP contribution in [0.15, 0.2) is 82.6 Å². The predicted molar refractivity (Wildman–Crippen MR) is 183 cm³/mol. The molecule has 14 heteroatoms. The molecule has 0 aliphatic carbocycles. The lowest BCUT2D eigenvalue weighted by atomic mass is 9.81. The molecule has 2 unspecified atom stereocenters. The molecule has 0 spiro atoms. The molecule has 3 aromatic carbocycles. The van der Waals surface area contributed by atoms with Gasteiger partial charge in [0, 0.05) is 23.7 Å². The minimum Gasteiger partial charge on any atom is -0.483 e. The van der Waals surface area contributed by atoms with Crippen LogP contribution >= 0.6 is 20.2 Å². The fraction of sp³-hybridized carbons (Fsp3) is 0.394. The molecular weight excluding hydrogens is 661 g/mol. The highest BCUT2D eigenvalue weighted by atomic mass is 32.2. The maximum absolute atomic E-state index is 14.1. The third-order valence-corrected chi connectivity index (χ3v) is 11.4. The van der Waals surface area contributed by atoms with Gasteiger partial charge in [0.2, 0.25) is 0 Å². The van der Waals surface area contributed by atoms with Crippen LogP contribution in [-0.4, -0.2) is 61.3 Å². The molecule has 0 saturated carbocycles. The van der Waals surface area contributed by atoms with Crippen molar-refractivity contribution in [2.75, 3.05) is 30.1 Å². The van der Waals surface area contributed by atoms with Gasteiger partial charge in [-0.3, -0.25) is 14.9 Å². The molecule has 1 aliphatic rings. The number of carbonyl (C=O) groups is 2. The van der Waals surface area contributed by atoms with Crippen LogP contribution < -0.4 is 20.3 Å². The number of ether oxygens (including phenoxy) is 1. The summed E-state index contributed by atoms with van der Waals surface area (Å²) in [5.74, 6) is -1.58. The Morgan fingerprint density at radius 3 is 2.34 bits per heavy atom. The van der Waals surface area contributed by atoms with E-state index in [1.807, 2.05) is 48.8 Å². The highest BCUT2D eigenvalue weighted by molar-refractivity contribution is 7.98. The van der Waals surface area contributed by atoms with Gasteiger partial charge in [-0.25, -0.2) is 8.42 Å². The van der Waals surface area contributed by atoms with Crippen molar-refractivity contribution < 1.29 is 37.5 Å². The van der Waals surface area contributed by atoms with Gasteiger partial charge in [0.05, 0.1) is 21.2 Å². The average Bonchev–Trinajstić information content (AvgIpc) is 3.16. The Morgan fingerprint density at radius 1 is 1.09 bits per heavy atom. The number of nitrogens with one attached hydrogen (secondary N) is 2. The van der Waals surface area contributed by atoms with E-state index in [2.05, 4.69) is 17.1 Å². The number of amides is 2. The third-order valence-electron chi connectivity index (χ3n) is 8.24. The number of benzene rings is 3. The molecular formula is C33H41N3O8PS2+. The minimum atomic E-state index is -3.80. The molecule has 0 aromatic heterocycles. The molecule has 1 aliphatic heterocycles. The van der Waals surface area contributed by atoms with Gasteiger partial charge in [-0.15, -0.1) is 11.8 Å². The number of hydrogen-bond acceptors (Lipinski definition) is 10. The van der Waals surface area contributed by atoms with E-state index in [-0.39, 0.29) is 16.4 Å². The van der Waals surface area contributed by atoms with Crippen LogP contribution in [-0.2, 0) is 24.0 Å². The van der Waals surface area contributed by atoms with Crippen molar-refractivity contribution >= 4 is 53.2 Å². The SMILES string of the molecule is CCCCC1(CC)CN(c2ccccc2)c2cc(SC)c(OCC(=O)N[C@@H](C(=O)NC(O)(O)[PH+]=O)c3ccccc3)cc2S(=O)(=O)C1. The van der Waals surface area contributed by atoms with E-state index in [1.54, 1.807) is 36.4 Å². The number of para-hydroxylation sites is 1. The van der Waals surface area contributed by atoms with Crippen LogP contribution in [0, 0.1) is 5.41 Å². The first-order chi connectivity index (χ1) is 22.4. The van der Waals surface area contributed by atoms with Crippen LogP contribution in [0.25, 0.3) is 0 Å². The van der Waals surface area contributed by atoms with Gasteiger partial charge in [-0.05, 0) is 42.9 Å². The van der Waals surface area contributed by atoms with Crippen LogP contribution in [0.3, 0.4) is 0 Å². The van der Waals surface area contributed by atoms with Gasteiger partial charge >= 0.3 is 14.1 Å². The fourth-order valence-electron chi connectivity index (χ4n) is 5.70. The number of sulfone groups is 1. The maximum Gasteiger partial charge on any atom is 0.456 e. The predicted octanol–water partition coefficient (Wildman–Crippen LogP) is 4.89. The van der Waals surface area contributed by atoms with Gasteiger partial charge in [0.25, 0.3) is 11.8 Å². The van der Waals surface area contributed by atoms with Gasteiger partial charge in [-0.1, -0.05) is 79.8 Å².